The third-order valence-electron chi connectivity index (χ3n) is 6.94. The smallest absolute Gasteiger partial charge is 0.246 e. The molecule has 0 bridgehead atoms. The summed E-state index contributed by atoms with van der Waals surface area (Å²) < 4.78 is 0. The van der Waals surface area contributed by atoms with Crippen molar-refractivity contribution in [1.82, 2.24) is 4.90 Å². The number of nitrogens with zero attached hydrogens (tertiary/aromatic N) is 1. The molecule has 0 aromatic heterocycles. The predicted octanol–water partition coefficient (Wildman–Crippen LogP) is 6.37. The maximum Gasteiger partial charge on any atom is 0.246 e. The normalized spacial score (nSPS) is 22.2. The average molecular weight is 372 g/mol. The minimum absolute atomic E-state index is 0.130. The Labute approximate surface area is 161 Å². The first kappa shape index (κ1) is 21.0. The molecule has 0 unspecified atom stereocenters. The second kappa shape index (κ2) is 7.72. The highest BCUT2D eigenvalue weighted by Gasteiger charge is 2.52. The van der Waals surface area contributed by atoms with Gasteiger partial charge in [-0.15, -0.1) is 0 Å². The van der Waals surface area contributed by atoms with Crippen molar-refractivity contribution in [3.63, 3.8) is 0 Å². The highest BCUT2D eigenvalue weighted by molar-refractivity contribution is 6.93. The molecule has 1 aliphatic heterocycles. The van der Waals surface area contributed by atoms with Crippen LogP contribution in [0.25, 0.3) is 0 Å². The lowest BCUT2D eigenvalue weighted by Crippen LogP contribution is -2.55. The summed E-state index contributed by atoms with van der Waals surface area (Å²) in [5, 5.41) is 1.21. The summed E-state index contributed by atoms with van der Waals surface area (Å²) in [5.74, 6) is 0.621. The Morgan fingerprint density at radius 3 is 1.81 bits per heavy atom. The summed E-state index contributed by atoms with van der Waals surface area (Å²) in [6.07, 6.45) is 0. The first-order chi connectivity index (χ1) is 12.1. The Morgan fingerprint density at radius 2 is 1.38 bits per heavy atom. The molecule has 1 aliphatic rings. The fourth-order valence-electron chi connectivity index (χ4n) is 5.83. The summed E-state index contributed by atoms with van der Waals surface area (Å²) >= 11 is 0. The lowest BCUT2D eigenvalue weighted by molar-refractivity contribution is -0.129. The first-order valence-corrected chi connectivity index (χ1v) is 12.3. The van der Waals surface area contributed by atoms with Crippen LogP contribution in [0.4, 0.5) is 0 Å². The van der Waals surface area contributed by atoms with E-state index >= 15 is 0 Å². The number of carbonyl (C=O) groups is 1. The second-order valence-electron chi connectivity index (χ2n) is 9.02. The number of hydrogen-bond acceptors (Lipinski definition) is 1. The number of amides is 1. The van der Waals surface area contributed by atoms with Gasteiger partial charge >= 0.3 is 0 Å². The van der Waals surface area contributed by atoms with Crippen LogP contribution in [0.2, 0.25) is 16.6 Å². The zero-order chi connectivity index (χ0) is 19.8. The summed E-state index contributed by atoms with van der Waals surface area (Å²) in [7, 11) is 0.0244. The lowest BCUT2D eigenvalue weighted by Gasteiger charge is -2.50. The molecular formula is C23H37NOSi. The molecule has 2 rings (SSSR count). The third-order valence-corrected chi connectivity index (χ3v) is 14.1. The molecule has 0 fully saturated rings. The van der Waals surface area contributed by atoms with E-state index in [2.05, 4.69) is 79.7 Å². The Bertz CT molecular complexity index is 653. The predicted molar refractivity (Wildman–Crippen MR) is 115 cm³/mol. The van der Waals surface area contributed by atoms with Crippen molar-refractivity contribution in [3.8, 4) is 0 Å². The van der Waals surface area contributed by atoms with Gasteiger partial charge in [0, 0.05) is 18.2 Å². The van der Waals surface area contributed by atoms with E-state index in [1.807, 2.05) is 18.0 Å². The van der Waals surface area contributed by atoms with Crippen LogP contribution in [0.15, 0.2) is 41.1 Å². The largest absolute Gasteiger partial charge is 0.335 e. The van der Waals surface area contributed by atoms with Gasteiger partial charge in [-0.3, -0.25) is 4.79 Å². The molecule has 0 spiro atoms. The number of rotatable bonds is 5. The van der Waals surface area contributed by atoms with Crippen molar-refractivity contribution in [3.05, 3.63) is 46.7 Å². The maximum atomic E-state index is 13.7. The van der Waals surface area contributed by atoms with Crippen LogP contribution in [0.1, 0.15) is 67.0 Å². The molecule has 2 nitrogen and oxygen atoms in total. The molecule has 0 radical (unpaired) electrons. The Morgan fingerprint density at radius 1 is 0.923 bits per heavy atom. The minimum Gasteiger partial charge on any atom is -0.335 e. The van der Waals surface area contributed by atoms with E-state index < -0.39 is 8.07 Å². The molecule has 0 saturated heterocycles. The number of carbonyl (C=O) groups excluding carboxylic acids is 1. The number of benzene rings is 1. The number of likely N-dealkylation sites (N-methyl/N-ethyl adjacent to an activating group) is 1. The van der Waals surface area contributed by atoms with E-state index in [9.17, 15) is 4.79 Å². The van der Waals surface area contributed by atoms with E-state index in [0.717, 1.165) is 0 Å². The van der Waals surface area contributed by atoms with Gasteiger partial charge in [-0.05, 0) is 29.1 Å². The van der Waals surface area contributed by atoms with Crippen molar-refractivity contribution in [1.29, 1.82) is 0 Å². The molecule has 0 N–H and O–H groups in total. The monoisotopic (exact) mass is 371 g/mol. The SMILES string of the molecule is CC1=C([Si](C(C)C)(C(C)C)C(C)C)C(=O)N(C)[C@H](c2ccccc2)[C@H]1C. The standard InChI is InChI=1S/C23H37NOSi/c1-15(2)26(16(3)4,17(5)6)22-19(8)18(7)21(24(9)23(22)25)20-13-11-10-12-14-20/h10-18,21H,1-9H3/t18-,21-/m0/s1. The van der Waals surface area contributed by atoms with Crippen LogP contribution in [0.3, 0.4) is 0 Å². The van der Waals surface area contributed by atoms with Crippen molar-refractivity contribution >= 4 is 14.0 Å². The van der Waals surface area contributed by atoms with Gasteiger partial charge in [0.2, 0.25) is 5.91 Å². The average Bonchev–Trinajstić information content (AvgIpc) is 2.57. The maximum absolute atomic E-state index is 13.7. The van der Waals surface area contributed by atoms with Gasteiger partial charge in [0.05, 0.1) is 6.04 Å². The van der Waals surface area contributed by atoms with Crippen LogP contribution < -0.4 is 0 Å². The molecule has 144 valence electrons. The molecule has 26 heavy (non-hydrogen) atoms. The summed E-state index contributed by atoms with van der Waals surface area (Å²) in [4.78, 5) is 15.8. The lowest BCUT2D eigenvalue weighted by atomic mass is 9.85. The highest BCUT2D eigenvalue weighted by Crippen LogP contribution is 2.51. The fourth-order valence-corrected chi connectivity index (χ4v) is 13.0. The van der Waals surface area contributed by atoms with Gasteiger partial charge in [-0.1, -0.05) is 84.4 Å². The minimum atomic E-state index is -1.98. The molecule has 1 aromatic rings. The molecule has 0 saturated carbocycles. The van der Waals surface area contributed by atoms with E-state index in [0.29, 0.717) is 22.5 Å². The highest BCUT2D eigenvalue weighted by atomic mass is 28.3. The van der Waals surface area contributed by atoms with E-state index in [-0.39, 0.29) is 11.9 Å². The van der Waals surface area contributed by atoms with Gasteiger partial charge in [0.1, 0.15) is 8.07 Å². The second-order valence-corrected chi connectivity index (χ2v) is 14.8. The van der Waals surface area contributed by atoms with Gasteiger partial charge < -0.3 is 4.90 Å². The van der Waals surface area contributed by atoms with Crippen molar-refractivity contribution in [2.75, 3.05) is 7.05 Å². The van der Waals surface area contributed by atoms with E-state index in [4.69, 9.17) is 0 Å². The van der Waals surface area contributed by atoms with Crippen LogP contribution in [0, 0.1) is 5.92 Å². The van der Waals surface area contributed by atoms with Gasteiger partial charge in [-0.2, -0.15) is 0 Å². The fraction of sp³-hybridized carbons (Fsp3) is 0.609. The van der Waals surface area contributed by atoms with E-state index in [1.54, 1.807) is 0 Å². The van der Waals surface area contributed by atoms with Crippen molar-refractivity contribution in [2.24, 2.45) is 5.92 Å². The molecule has 1 amide bonds. The molecule has 2 atom stereocenters. The summed E-state index contributed by atoms with van der Waals surface area (Å²) in [5.41, 5.74) is 4.21. The van der Waals surface area contributed by atoms with Crippen molar-refractivity contribution in [2.45, 2.75) is 78.1 Å². The zero-order valence-corrected chi connectivity index (χ0v) is 19.1. The summed E-state index contributed by atoms with van der Waals surface area (Å²) in [6, 6.07) is 10.6. The van der Waals surface area contributed by atoms with Crippen LogP contribution in [0.5, 0.6) is 0 Å². The van der Waals surface area contributed by atoms with Crippen LogP contribution in [-0.4, -0.2) is 25.9 Å². The zero-order valence-electron chi connectivity index (χ0n) is 18.1. The van der Waals surface area contributed by atoms with Gasteiger partial charge in [-0.25, -0.2) is 0 Å². The van der Waals surface area contributed by atoms with E-state index in [1.165, 1.54) is 16.3 Å². The Hall–Kier alpha value is -1.35. The molecule has 1 heterocycles. The topological polar surface area (TPSA) is 20.3 Å². The quantitative estimate of drug-likeness (QED) is 0.551. The van der Waals surface area contributed by atoms with Crippen molar-refractivity contribution < 1.29 is 4.79 Å². The van der Waals surface area contributed by atoms with Gasteiger partial charge in [0.15, 0.2) is 0 Å². The molecular weight excluding hydrogens is 334 g/mol. The Balaban J connectivity index is 2.69. The van der Waals surface area contributed by atoms with Crippen LogP contribution >= 0.6 is 0 Å². The summed E-state index contributed by atoms with van der Waals surface area (Å²) in [6.45, 7) is 18.6. The third kappa shape index (κ3) is 3.09. The molecule has 3 heteroatoms. The van der Waals surface area contributed by atoms with Gasteiger partial charge in [0.25, 0.3) is 0 Å². The molecule has 0 aliphatic carbocycles. The number of hydrogen-bond donors (Lipinski definition) is 0. The first-order valence-electron chi connectivity index (χ1n) is 10.1. The Kier molecular flexibility index (Phi) is 6.22. The molecule has 1 aromatic carbocycles. The van der Waals surface area contributed by atoms with Crippen LogP contribution in [-0.2, 0) is 4.79 Å².